The van der Waals surface area contributed by atoms with Gasteiger partial charge in [-0.3, -0.25) is 14.5 Å². The van der Waals surface area contributed by atoms with Crippen molar-refractivity contribution >= 4 is 33.2 Å². The summed E-state index contributed by atoms with van der Waals surface area (Å²) in [6.07, 6.45) is 0.868. The number of carbonyl (C=O) groups is 2. The van der Waals surface area contributed by atoms with Gasteiger partial charge in [-0.25, -0.2) is 0 Å². The molecule has 2 fully saturated rings. The highest BCUT2D eigenvalue weighted by Gasteiger charge is 2.31. The first-order valence-electron chi connectivity index (χ1n) is 10.1. The summed E-state index contributed by atoms with van der Waals surface area (Å²) >= 11 is 1.49. The summed E-state index contributed by atoms with van der Waals surface area (Å²) in [5, 5.41) is 3.98. The van der Waals surface area contributed by atoms with Gasteiger partial charge in [-0.15, -0.1) is 11.3 Å². The SMILES string of the molecule is COCCNC(=O)c1sc2ccccc2c1[C@@H]1CN(CC(=O)N2CCC2)CCO1. The Labute approximate surface area is 174 Å². The highest BCUT2D eigenvalue weighted by molar-refractivity contribution is 7.21. The van der Waals surface area contributed by atoms with Crippen LogP contribution in [0.25, 0.3) is 10.1 Å². The van der Waals surface area contributed by atoms with E-state index in [9.17, 15) is 9.59 Å². The standard InChI is InChI=1S/C21H27N3O4S/c1-27-11-7-22-21(26)20-19(15-5-2-3-6-17(15)29-20)16-13-23(10-12-28-16)14-18(25)24-8-4-9-24/h2-3,5-6,16H,4,7-14H2,1H3,(H,22,26)/t16-/m0/s1. The summed E-state index contributed by atoms with van der Waals surface area (Å²) in [5.74, 6) is 0.0836. The van der Waals surface area contributed by atoms with Gasteiger partial charge in [-0.2, -0.15) is 0 Å². The minimum atomic E-state index is -0.229. The molecule has 156 valence electrons. The molecule has 1 atom stereocenters. The number of fused-ring (bicyclic) bond motifs is 1. The maximum Gasteiger partial charge on any atom is 0.261 e. The molecule has 1 aromatic carbocycles. The molecule has 8 heteroatoms. The van der Waals surface area contributed by atoms with Crippen molar-refractivity contribution in [2.75, 3.05) is 59.6 Å². The monoisotopic (exact) mass is 417 g/mol. The molecule has 0 saturated carbocycles. The van der Waals surface area contributed by atoms with Crippen molar-refractivity contribution in [1.29, 1.82) is 0 Å². The number of likely N-dealkylation sites (tertiary alicyclic amines) is 1. The number of morpholine rings is 1. The maximum absolute atomic E-state index is 12.9. The Hall–Kier alpha value is -2.00. The van der Waals surface area contributed by atoms with E-state index in [1.807, 2.05) is 29.2 Å². The average Bonchev–Trinajstić information content (AvgIpc) is 3.06. The first-order chi connectivity index (χ1) is 14.2. The lowest BCUT2D eigenvalue weighted by Gasteiger charge is -2.36. The third-order valence-electron chi connectivity index (χ3n) is 5.47. The van der Waals surface area contributed by atoms with Crippen LogP contribution in [0.5, 0.6) is 0 Å². The lowest BCUT2D eigenvalue weighted by Crippen LogP contribution is -2.49. The van der Waals surface area contributed by atoms with Crippen LogP contribution in [-0.2, 0) is 14.3 Å². The Morgan fingerprint density at radius 2 is 2.10 bits per heavy atom. The molecule has 4 rings (SSSR count). The Balaban J connectivity index is 1.55. The molecule has 2 saturated heterocycles. The van der Waals surface area contributed by atoms with Crippen LogP contribution in [0, 0.1) is 0 Å². The van der Waals surface area contributed by atoms with Crippen LogP contribution in [0.1, 0.15) is 27.8 Å². The summed E-state index contributed by atoms with van der Waals surface area (Å²) in [5.41, 5.74) is 0.932. The van der Waals surface area contributed by atoms with Crippen LogP contribution >= 0.6 is 11.3 Å². The number of methoxy groups -OCH3 is 1. The predicted molar refractivity (Wildman–Crippen MR) is 112 cm³/mol. The van der Waals surface area contributed by atoms with Crippen LogP contribution in [0.15, 0.2) is 24.3 Å². The van der Waals surface area contributed by atoms with E-state index in [4.69, 9.17) is 9.47 Å². The zero-order valence-corrected chi connectivity index (χ0v) is 17.5. The number of hydrogen-bond donors (Lipinski definition) is 1. The van der Waals surface area contributed by atoms with Crippen LogP contribution in [0.2, 0.25) is 0 Å². The molecule has 0 aliphatic carbocycles. The van der Waals surface area contributed by atoms with Crippen LogP contribution in [0.3, 0.4) is 0 Å². The van der Waals surface area contributed by atoms with Gasteiger partial charge < -0.3 is 19.7 Å². The fourth-order valence-electron chi connectivity index (χ4n) is 3.78. The molecule has 29 heavy (non-hydrogen) atoms. The van der Waals surface area contributed by atoms with Crippen molar-refractivity contribution in [2.24, 2.45) is 0 Å². The minimum absolute atomic E-state index is 0.101. The molecule has 2 aliphatic heterocycles. The second-order valence-electron chi connectivity index (χ2n) is 7.42. The highest BCUT2D eigenvalue weighted by atomic mass is 32.1. The van der Waals surface area contributed by atoms with Gasteiger partial charge in [-0.1, -0.05) is 18.2 Å². The fourth-order valence-corrected chi connectivity index (χ4v) is 4.95. The molecule has 2 aliphatic rings. The normalized spacial score (nSPS) is 19.9. The minimum Gasteiger partial charge on any atom is -0.383 e. The lowest BCUT2D eigenvalue weighted by atomic mass is 10.0. The van der Waals surface area contributed by atoms with E-state index in [1.165, 1.54) is 11.3 Å². The maximum atomic E-state index is 12.9. The van der Waals surface area contributed by atoms with Crippen LogP contribution < -0.4 is 5.32 Å². The van der Waals surface area contributed by atoms with E-state index in [2.05, 4.69) is 10.2 Å². The largest absolute Gasteiger partial charge is 0.383 e. The van der Waals surface area contributed by atoms with Crippen molar-refractivity contribution in [1.82, 2.24) is 15.1 Å². The molecule has 3 heterocycles. The van der Waals surface area contributed by atoms with Crippen molar-refractivity contribution in [3.8, 4) is 0 Å². The number of hydrogen-bond acceptors (Lipinski definition) is 6. The number of rotatable bonds is 7. The Morgan fingerprint density at radius 1 is 1.28 bits per heavy atom. The predicted octanol–water partition coefficient (Wildman–Crippen LogP) is 1.88. The molecule has 0 unspecified atom stereocenters. The lowest BCUT2D eigenvalue weighted by molar-refractivity contribution is -0.137. The fraction of sp³-hybridized carbons (Fsp3) is 0.524. The molecular weight excluding hydrogens is 390 g/mol. The molecule has 0 bridgehead atoms. The number of thiophene rings is 1. The Morgan fingerprint density at radius 3 is 2.86 bits per heavy atom. The zero-order chi connectivity index (χ0) is 20.2. The number of carbonyl (C=O) groups excluding carboxylic acids is 2. The summed E-state index contributed by atoms with van der Waals surface area (Å²) < 4.78 is 12.2. The second-order valence-corrected chi connectivity index (χ2v) is 8.47. The highest BCUT2D eigenvalue weighted by Crippen LogP contribution is 2.38. The Kier molecular flexibility index (Phi) is 6.44. The van der Waals surface area contributed by atoms with Crippen molar-refractivity contribution in [3.63, 3.8) is 0 Å². The van der Waals surface area contributed by atoms with Gasteiger partial charge >= 0.3 is 0 Å². The molecule has 7 nitrogen and oxygen atoms in total. The number of amides is 2. The number of ether oxygens (including phenoxy) is 2. The molecule has 2 aromatic rings. The van der Waals surface area contributed by atoms with Crippen molar-refractivity contribution in [3.05, 3.63) is 34.7 Å². The van der Waals surface area contributed by atoms with E-state index in [1.54, 1.807) is 7.11 Å². The van der Waals surface area contributed by atoms with Gasteiger partial charge in [0.05, 0.1) is 30.7 Å². The van der Waals surface area contributed by atoms with E-state index in [0.717, 1.165) is 41.7 Å². The van der Waals surface area contributed by atoms with Crippen LogP contribution in [0.4, 0.5) is 0 Å². The summed E-state index contributed by atoms with van der Waals surface area (Å²) in [6, 6.07) is 8.04. The van der Waals surface area contributed by atoms with E-state index in [0.29, 0.717) is 37.7 Å². The third-order valence-corrected chi connectivity index (χ3v) is 6.66. The summed E-state index contributed by atoms with van der Waals surface area (Å²) in [4.78, 5) is 30.0. The van der Waals surface area contributed by atoms with Gasteiger partial charge in [0.25, 0.3) is 5.91 Å². The average molecular weight is 418 g/mol. The van der Waals surface area contributed by atoms with Gasteiger partial charge in [0, 0.05) is 50.1 Å². The van der Waals surface area contributed by atoms with Crippen molar-refractivity contribution < 1.29 is 19.1 Å². The van der Waals surface area contributed by atoms with E-state index in [-0.39, 0.29) is 17.9 Å². The first kappa shape index (κ1) is 20.3. The van der Waals surface area contributed by atoms with Gasteiger partial charge in [0.1, 0.15) is 0 Å². The smallest absolute Gasteiger partial charge is 0.261 e. The molecule has 1 N–H and O–H groups in total. The van der Waals surface area contributed by atoms with Gasteiger partial charge in [0.2, 0.25) is 5.91 Å². The molecule has 1 aromatic heterocycles. The molecule has 0 radical (unpaired) electrons. The number of nitrogens with zero attached hydrogens (tertiary/aromatic N) is 2. The second kappa shape index (κ2) is 9.21. The zero-order valence-electron chi connectivity index (χ0n) is 16.7. The third kappa shape index (κ3) is 4.45. The topological polar surface area (TPSA) is 71.1 Å². The molecular formula is C21H27N3O4S. The Bertz CT molecular complexity index is 880. The van der Waals surface area contributed by atoms with Gasteiger partial charge in [-0.05, 0) is 17.9 Å². The summed E-state index contributed by atoms with van der Waals surface area (Å²) in [7, 11) is 1.61. The quantitative estimate of drug-likeness (QED) is 0.697. The van der Waals surface area contributed by atoms with Crippen molar-refractivity contribution in [2.45, 2.75) is 12.5 Å². The van der Waals surface area contributed by atoms with E-state index >= 15 is 0 Å². The molecule has 2 amide bonds. The summed E-state index contributed by atoms with van der Waals surface area (Å²) in [6.45, 7) is 4.97. The van der Waals surface area contributed by atoms with E-state index < -0.39 is 0 Å². The first-order valence-corrected chi connectivity index (χ1v) is 10.9. The molecule has 0 spiro atoms. The van der Waals surface area contributed by atoms with Crippen LogP contribution in [-0.4, -0.2) is 81.2 Å². The number of benzene rings is 1. The number of nitrogens with one attached hydrogen (secondary N) is 1. The van der Waals surface area contributed by atoms with Gasteiger partial charge in [0.15, 0.2) is 0 Å².